The fourth-order valence-corrected chi connectivity index (χ4v) is 7.36. The number of benzene rings is 1. The van der Waals surface area contributed by atoms with Crippen molar-refractivity contribution in [2.75, 3.05) is 44.4 Å². The Hall–Kier alpha value is -3.14. The lowest BCUT2D eigenvalue weighted by molar-refractivity contribution is 0.0694. The molecule has 4 heterocycles. The highest BCUT2D eigenvalue weighted by molar-refractivity contribution is 7.65. The van der Waals surface area contributed by atoms with Crippen molar-refractivity contribution < 1.29 is 32.9 Å². The molecule has 0 bridgehead atoms. The third-order valence-electron chi connectivity index (χ3n) is 7.70. The number of carboxylic acid groups (broad SMARTS) is 1. The molecule has 2 N–H and O–H groups in total. The summed E-state index contributed by atoms with van der Waals surface area (Å²) in [5.41, 5.74) is 0.597. The van der Waals surface area contributed by atoms with Crippen LogP contribution >= 0.6 is 7.37 Å². The van der Waals surface area contributed by atoms with Crippen LogP contribution in [0.5, 0.6) is 5.75 Å². The third-order valence-corrected chi connectivity index (χ3v) is 9.64. The van der Waals surface area contributed by atoms with Gasteiger partial charge in [0.1, 0.15) is 17.0 Å². The molecule has 1 saturated heterocycles. The lowest BCUT2D eigenvalue weighted by Gasteiger charge is -2.36. The summed E-state index contributed by atoms with van der Waals surface area (Å²) in [4.78, 5) is 38.9. The van der Waals surface area contributed by atoms with Gasteiger partial charge in [-0.05, 0) is 37.8 Å². The molecular formula is C26H29FN3O7P. The van der Waals surface area contributed by atoms with Crippen LogP contribution in [0, 0.1) is 5.82 Å². The van der Waals surface area contributed by atoms with E-state index in [9.17, 15) is 24.2 Å². The molecule has 1 aliphatic carbocycles. The van der Waals surface area contributed by atoms with Crippen LogP contribution in [-0.2, 0) is 17.5 Å². The second kappa shape index (κ2) is 9.25. The summed E-state index contributed by atoms with van der Waals surface area (Å²) in [7, 11) is -1.99. The number of methoxy groups -OCH3 is 1. The van der Waals surface area contributed by atoms with Crippen LogP contribution in [0.3, 0.4) is 0 Å². The molecule has 1 aromatic carbocycles. The van der Waals surface area contributed by atoms with E-state index in [-0.39, 0.29) is 40.1 Å². The maximum atomic E-state index is 15.6. The predicted octanol–water partition coefficient (Wildman–Crippen LogP) is 2.94. The highest BCUT2D eigenvalue weighted by Crippen LogP contribution is 2.46. The van der Waals surface area contributed by atoms with Crippen molar-refractivity contribution in [3.63, 3.8) is 0 Å². The van der Waals surface area contributed by atoms with Gasteiger partial charge in [0.15, 0.2) is 17.1 Å². The Morgan fingerprint density at radius 3 is 2.61 bits per heavy atom. The number of halogens is 1. The molecule has 202 valence electrons. The number of carboxylic acids is 1. The number of furan rings is 1. The van der Waals surface area contributed by atoms with Gasteiger partial charge in [0.05, 0.1) is 24.6 Å². The predicted molar refractivity (Wildman–Crippen MR) is 139 cm³/mol. The van der Waals surface area contributed by atoms with Crippen LogP contribution in [0.2, 0.25) is 0 Å². The molecule has 10 nitrogen and oxygen atoms in total. The van der Waals surface area contributed by atoms with Gasteiger partial charge in [-0.2, -0.15) is 0 Å². The van der Waals surface area contributed by atoms with Crippen molar-refractivity contribution in [2.45, 2.75) is 38.3 Å². The van der Waals surface area contributed by atoms with E-state index in [2.05, 4.69) is 4.90 Å². The zero-order valence-corrected chi connectivity index (χ0v) is 21.9. The van der Waals surface area contributed by atoms with Gasteiger partial charge in [0, 0.05) is 50.1 Å². The number of hydrogen-bond donors (Lipinski definition) is 2. The fraction of sp³-hybridized carbons (Fsp3) is 0.462. The number of ether oxygens (including phenoxy) is 1. The summed E-state index contributed by atoms with van der Waals surface area (Å²) in [6.45, 7) is 2.64. The summed E-state index contributed by atoms with van der Waals surface area (Å²) in [6, 6.07) is 3.04. The molecule has 3 aromatic rings. The van der Waals surface area contributed by atoms with Gasteiger partial charge in [0.25, 0.3) is 7.37 Å². The normalized spacial score (nSPS) is 22.0. The van der Waals surface area contributed by atoms with Gasteiger partial charge in [-0.15, -0.1) is 0 Å². The minimum atomic E-state index is -3.42. The summed E-state index contributed by atoms with van der Waals surface area (Å²) >= 11 is 0. The summed E-state index contributed by atoms with van der Waals surface area (Å²) in [5, 5.41) is 9.52. The van der Waals surface area contributed by atoms with Crippen LogP contribution in [-0.4, -0.2) is 64.9 Å². The number of pyridine rings is 1. The molecule has 12 heteroatoms. The number of anilines is 1. The molecule has 38 heavy (non-hydrogen) atoms. The van der Waals surface area contributed by atoms with Gasteiger partial charge < -0.3 is 28.6 Å². The Morgan fingerprint density at radius 2 is 1.97 bits per heavy atom. The van der Waals surface area contributed by atoms with Gasteiger partial charge in [-0.1, -0.05) is 0 Å². The topological polar surface area (TPSA) is 125 Å². The van der Waals surface area contributed by atoms with Crippen molar-refractivity contribution in [1.82, 2.24) is 9.47 Å². The van der Waals surface area contributed by atoms with Gasteiger partial charge in [-0.25, -0.2) is 9.18 Å². The smallest absolute Gasteiger partial charge is 0.341 e. The lowest BCUT2D eigenvalue weighted by atomic mass is 10.1. The number of piperazine rings is 1. The largest absolute Gasteiger partial charge is 0.492 e. The number of aromatic carboxylic acids is 1. The molecule has 2 aliphatic heterocycles. The molecule has 0 radical (unpaired) electrons. The molecule has 1 saturated carbocycles. The Kier molecular flexibility index (Phi) is 6.13. The average Bonchev–Trinajstić information content (AvgIpc) is 3.63. The standard InChI is InChI=1S/C26H29FN3O7P/c1-36-24-21-18(23(31)19(25(32)33)14-30(21)16-4-5-16)12-20(27)22(24)29-8-6-28(7-9-29)13-17-11-15-3-2-10-38(34,35)26(15)37-17/h11-12,14,16H,2-10,13H2,1H3,(H,32,33)(H,34,35). The van der Waals surface area contributed by atoms with Crippen LogP contribution in [0.1, 0.15) is 47.0 Å². The zero-order valence-electron chi connectivity index (χ0n) is 21.0. The van der Waals surface area contributed by atoms with E-state index < -0.39 is 24.6 Å². The molecule has 2 fully saturated rings. The van der Waals surface area contributed by atoms with Gasteiger partial charge >= 0.3 is 5.97 Å². The van der Waals surface area contributed by atoms with E-state index in [1.54, 1.807) is 4.57 Å². The van der Waals surface area contributed by atoms with Crippen LogP contribution in [0.15, 0.2) is 27.5 Å². The first kappa shape index (κ1) is 25.2. The average molecular weight is 546 g/mol. The van der Waals surface area contributed by atoms with Crippen molar-refractivity contribution in [2.24, 2.45) is 0 Å². The third kappa shape index (κ3) is 4.22. The molecule has 2 aromatic heterocycles. The second-order valence-corrected chi connectivity index (χ2v) is 12.5. The minimum absolute atomic E-state index is 0.00325. The van der Waals surface area contributed by atoms with Crippen molar-refractivity contribution in [3.05, 3.63) is 51.3 Å². The fourth-order valence-electron chi connectivity index (χ4n) is 5.69. The summed E-state index contributed by atoms with van der Waals surface area (Å²) < 4.78 is 41.2. The monoisotopic (exact) mass is 545 g/mol. The van der Waals surface area contributed by atoms with Crippen LogP contribution in [0.25, 0.3) is 10.9 Å². The number of fused-ring (bicyclic) bond motifs is 2. The van der Waals surface area contributed by atoms with E-state index in [4.69, 9.17) is 9.15 Å². The van der Waals surface area contributed by atoms with E-state index in [1.807, 2.05) is 11.0 Å². The second-order valence-electron chi connectivity index (χ2n) is 10.3. The highest BCUT2D eigenvalue weighted by atomic mass is 31.2. The summed E-state index contributed by atoms with van der Waals surface area (Å²) in [6.07, 6.45) is 4.68. The minimum Gasteiger partial charge on any atom is -0.492 e. The Balaban J connectivity index is 1.28. The van der Waals surface area contributed by atoms with Gasteiger partial charge in [0.2, 0.25) is 5.43 Å². The van der Waals surface area contributed by atoms with E-state index >= 15 is 4.39 Å². The SMILES string of the molecule is COc1c(N2CCN(Cc3cc4c(o3)P(=O)(O)CCC4)CC2)c(F)cc2c(=O)c(C(=O)O)cn(C3CC3)c12. The van der Waals surface area contributed by atoms with Crippen molar-refractivity contribution in [1.29, 1.82) is 0 Å². The van der Waals surface area contributed by atoms with E-state index in [0.717, 1.165) is 30.9 Å². The lowest BCUT2D eigenvalue weighted by Crippen LogP contribution is -2.46. The molecule has 0 spiro atoms. The van der Waals surface area contributed by atoms with E-state index in [1.165, 1.54) is 13.3 Å². The Morgan fingerprint density at radius 1 is 1.24 bits per heavy atom. The molecule has 1 unspecified atom stereocenters. The molecule has 1 atom stereocenters. The first-order valence-electron chi connectivity index (χ1n) is 12.8. The number of nitrogens with zero attached hydrogens (tertiary/aromatic N) is 3. The number of rotatable bonds is 6. The number of hydrogen-bond acceptors (Lipinski definition) is 7. The Labute approximate surface area is 217 Å². The first-order chi connectivity index (χ1) is 18.2. The highest BCUT2D eigenvalue weighted by Gasteiger charge is 2.34. The van der Waals surface area contributed by atoms with Crippen LogP contribution < -0.4 is 20.6 Å². The number of aryl methyl sites for hydroxylation is 1. The Bertz CT molecular complexity index is 1550. The maximum Gasteiger partial charge on any atom is 0.341 e. The van der Waals surface area contributed by atoms with Crippen LogP contribution in [0.4, 0.5) is 10.1 Å². The molecule has 6 rings (SSSR count). The number of carbonyl (C=O) groups is 1. The zero-order chi connectivity index (χ0) is 26.8. The summed E-state index contributed by atoms with van der Waals surface area (Å²) in [5.74, 6) is -1.10. The number of aromatic nitrogens is 1. The van der Waals surface area contributed by atoms with Crippen molar-refractivity contribution in [3.8, 4) is 5.75 Å². The quantitative estimate of drug-likeness (QED) is 0.450. The molecule has 3 aliphatic rings. The first-order valence-corrected chi connectivity index (χ1v) is 14.6. The van der Waals surface area contributed by atoms with Crippen molar-refractivity contribution >= 4 is 35.4 Å². The molecule has 0 amide bonds. The van der Waals surface area contributed by atoms with Gasteiger partial charge in [-0.3, -0.25) is 14.3 Å². The maximum absolute atomic E-state index is 15.6. The van der Waals surface area contributed by atoms with E-state index in [0.29, 0.717) is 50.4 Å². The molecular weight excluding hydrogens is 516 g/mol.